The second-order valence-corrected chi connectivity index (χ2v) is 6.32. The summed E-state index contributed by atoms with van der Waals surface area (Å²) in [4.78, 5) is 12.6. The van der Waals surface area contributed by atoms with E-state index in [0.29, 0.717) is 11.3 Å². The molecule has 1 aromatic heterocycles. The molecule has 0 spiro atoms. The quantitative estimate of drug-likeness (QED) is 0.479. The number of amides is 1. The highest BCUT2D eigenvalue weighted by Crippen LogP contribution is 2.41. The van der Waals surface area contributed by atoms with Crippen LogP contribution in [0.2, 0.25) is 0 Å². The number of carbonyl (C=O) groups excluding carboxylic acids is 1. The molecule has 0 aliphatic rings. The van der Waals surface area contributed by atoms with Gasteiger partial charge < -0.3 is 4.42 Å². The van der Waals surface area contributed by atoms with Crippen molar-refractivity contribution in [2.24, 2.45) is 0 Å². The number of hydrogen-bond acceptors (Lipinski definition) is 3. The normalized spacial score (nSPS) is 10.3. The van der Waals surface area contributed by atoms with Gasteiger partial charge in [0.2, 0.25) is 5.88 Å². The monoisotopic (exact) mass is 382 g/mol. The Balaban J connectivity index is 1.84. The predicted octanol–water partition coefficient (Wildman–Crippen LogP) is 5.88. The lowest BCUT2D eigenvalue weighted by Gasteiger charge is -2.03. The Labute approximate surface area is 166 Å². The van der Waals surface area contributed by atoms with Gasteiger partial charge >= 0.3 is 0 Å². The summed E-state index contributed by atoms with van der Waals surface area (Å²) in [6.45, 7) is 0. The largest absolute Gasteiger partial charge is 0.438 e. The second kappa shape index (κ2) is 7.83. The minimum Gasteiger partial charge on any atom is -0.438 e. The summed E-state index contributed by atoms with van der Waals surface area (Å²) in [5.41, 5.74) is 2.49. The van der Waals surface area contributed by atoms with E-state index in [1.807, 2.05) is 60.7 Å². The zero-order valence-corrected chi connectivity index (χ0v) is 15.2. The molecule has 29 heavy (non-hydrogen) atoms. The Bertz CT molecular complexity index is 1210. The molecule has 140 valence electrons. The van der Waals surface area contributed by atoms with E-state index >= 15 is 0 Å². The van der Waals surface area contributed by atoms with Gasteiger partial charge in [0, 0.05) is 16.7 Å². The van der Waals surface area contributed by atoms with Crippen LogP contribution in [0.1, 0.15) is 15.9 Å². The molecule has 3 aromatic carbocycles. The third-order valence-electron chi connectivity index (χ3n) is 4.43. The number of nitrogens with zero attached hydrogens (tertiary/aromatic N) is 1. The Morgan fingerprint density at radius 1 is 0.897 bits per heavy atom. The maximum atomic E-state index is 13.5. The summed E-state index contributed by atoms with van der Waals surface area (Å²) in [5, 5.41) is 12.4. The highest BCUT2D eigenvalue weighted by atomic mass is 19.1. The first-order valence-electron chi connectivity index (χ1n) is 8.92. The minimum absolute atomic E-state index is 0.0273. The third kappa shape index (κ3) is 3.64. The molecular formula is C24H15FN2O2. The van der Waals surface area contributed by atoms with Gasteiger partial charge in [-0.1, -0.05) is 66.7 Å². The second-order valence-electron chi connectivity index (χ2n) is 6.32. The van der Waals surface area contributed by atoms with E-state index in [4.69, 9.17) is 4.42 Å². The summed E-state index contributed by atoms with van der Waals surface area (Å²) in [6.07, 6.45) is 0. The molecule has 5 heteroatoms. The lowest BCUT2D eigenvalue weighted by molar-refractivity contribution is 0.102. The van der Waals surface area contributed by atoms with Crippen molar-refractivity contribution in [2.75, 3.05) is 5.32 Å². The molecule has 0 unspecified atom stereocenters. The molecule has 4 aromatic rings. The number of rotatable bonds is 4. The number of anilines is 1. The van der Waals surface area contributed by atoms with Crippen molar-refractivity contribution in [1.82, 2.24) is 0 Å². The molecular weight excluding hydrogens is 367 g/mol. The van der Waals surface area contributed by atoms with Crippen molar-refractivity contribution in [2.45, 2.75) is 0 Å². The third-order valence-corrected chi connectivity index (χ3v) is 4.43. The fourth-order valence-corrected chi connectivity index (χ4v) is 3.10. The van der Waals surface area contributed by atoms with E-state index in [1.165, 1.54) is 18.2 Å². The van der Waals surface area contributed by atoms with Crippen LogP contribution in [0.3, 0.4) is 0 Å². The van der Waals surface area contributed by atoms with Crippen LogP contribution in [0.5, 0.6) is 0 Å². The molecule has 0 aliphatic carbocycles. The van der Waals surface area contributed by atoms with E-state index in [-0.39, 0.29) is 17.0 Å². The summed E-state index contributed by atoms with van der Waals surface area (Å²) < 4.78 is 19.4. The van der Waals surface area contributed by atoms with Crippen molar-refractivity contribution >= 4 is 11.8 Å². The molecule has 0 saturated heterocycles. The van der Waals surface area contributed by atoms with E-state index in [0.717, 1.165) is 17.2 Å². The topological polar surface area (TPSA) is 66.0 Å². The van der Waals surface area contributed by atoms with E-state index in [1.54, 1.807) is 0 Å². The summed E-state index contributed by atoms with van der Waals surface area (Å²) in [5.74, 6) is -0.580. The Hall–Kier alpha value is -4.17. The molecule has 1 amide bonds. The smallest absolute Gasteiger partial charge is 0.258 e. The Kier molecular flexibility index (Phi) is 4.91. The zero-order chi connectivity index (χ0) is 20.2. The first kappa shape index (κ1) is 18.2. The molecule has 0 saturated carbocycles. The number of carbonyl (C=O) groups is 1. The highest BCUT2D eigenvalue weighted by molar-refractivity contribution is 6.05. The molecule has 1 N–H and O–H groups in total. The van der Waals surface area contributed by atoms with Crippen LogP contribution >= 0.6 is 0 Å². The van der Waals surface area contributed by atoms with Crippen LogP contribution in [-0.4, -0.2) is 5.91 Å². The Morgan fingerprint density at radius 3 is 2.17 bits per heavy atom. The van der Waals surface area contributed by atoms with Gasteiger partial charge in [0.15, 0.2) is 0 Å². The van der Waals surface area contributed by atoms with E-state index in [2.05, 4.69) is 11.4 Å². The molecule has 1 heterocycles. The zero-order valence-electron chi connectivity index (χ0n) is 15.2. The van der Waals surface area contributed by atoms with Gasteiger partial charge in [-0.25, -0.2) is 4.39 Å². The summed E-state index contributed by atoms with van der Waals surface area (Å²) >= 11 is 0. The molecule has 4 rings (SSSR count). The van der Waals surface area contributed by atoms with Crippen molar-refractivity contribution < 1.29 is 13.6 Å². The number of benzene rings is 3. The van der Waals surface area contributed by atoms with Crippen molar-refractivity contribution in [3.8, 4) is 28.5 Å². The molecule has 0 fully saturated rings. The van der Waals surface area contributed by atoms with Gasteiger partial charge in [-0.05, 0) is 23.8 Å². The van der Waals surface area contributed by atoms with Gasteiger partial charge in [-0.15, -0.1) is 0 Å². The van der Waals surface area contributed by atoms with Gasteiger partial charge in [0.05, 0.1) is 0 Å². The van der Waals surface area contributed by atoms with E-state index < -0.39 is 11.7 Å². The number of nitrogens with one attached hydrogen (secondary N) is 1. The maximum Gasteiger partial charge on any atom is 0.258 e. The standard InChI is InChI=1S/C24H15FN2O2/c25-19-13-7-12-18(14-19)23(28)27-24-20(15-26)21(16-8-3-1-4-9-16)22(29-24)17-10-5-2-6-11-17/h1-14H,(H,27,28). The van der Waals surface area contributed by atoms with Crippen LogP contribution in [0.25, 0.3) is 22.5 Å². The molecule has 0 aliphatic heterocycles. The van der Waals surface area contributed by atoms with Gasteiger partial charge in [0.1, 0.15) is 23.2 Å². The molecule has 0 radical (unpaired) electrons. The number of hydrogen-bond donors (Lipinski definition) is 1. The molecule has 4 nitrogen and oxygen atoms in total. The molecule has 0 bridgehead atoms. The summed E-state index contributed by atoms with van der Waals surface area (Å²) in [7, 11) is 0. The van der Waals surface area contributed by atoms with Crippen molar-refractivity contribution in [3.63, 3.8) is 0 Å². The average Bonchev–Trinajstić information content (AvgIpc) is 3.13. The predicted molar refractivity (Wildman–Crippen MR) is 109 cm³/mol. The van der Waals surface area contributed by atoms with Crippen molar-refractivity contribution in [1.29, 1.82) is 5.26 Å². The fourth-order valence-electron chi connectivity index (χ4n) is 3.10. The van der Waals surface area contributed by atoms with Gasteiger partial charge in [-0.3, -0.25) is 10.1 Å². The van der Waals surface area contributed by atoms with Crippen LogP contribution in [0, 0.1) is 17.1 Å². The lowest BCUT2D eigenvalue weighted by atomic mass is 9.98. The van der Waals surface area contributed by atoms with E-state index in [9.17, 15) is 14.4 Å². The van der Waals surface area contributed by atoms with Gasteiger partial charge in [-0.2, -0.15) is 5.26 Å². The van der Waals surface area contributed by atoms with Gasteiger partial charge in [0.25, 0.3) is 5.91 Å². The first-order valence-corrected chi connectivity index (χ1v) is 8.92. The average molecular weight is 382 g/mol. The van der Waals surface area contributed by atoms with Crippen LogP contribution < -0.4 is 5.32 Å². The maximum absolute atomic E-state index is 13.5. The summed E-state index contributed by atoms with van der Waals surface area (Å²) in [6, 6.07) is 26.1. The fraction of sp³-hybridized carbons (Fsp3) is 0. The number of nitriles is 1. The highest BCUT2D eigenvalue weighted by Gasteiger charge is 2.24. The lowest BCUT2D eigenvalue weighted by Crippen LogP contribution is -2.12. The molecule has 0 atom stereocenters. The SMILES string of the molecule is N#Cc1c(NC(=O)c2cccc(F)c2)oc(-c2ccccc2)c1-c1ccccc1. The number of halogens is 1. The minimum atomic E-state index is -0.561. The first-order chi connectivity index (χ1) is 14.2. The van der Waals surface area contributed by atoms with Crippen LogP contribution in [0.15, 0.2) is 89.3 Å². The number of furan rings is 1. The van der Waals surface area contributed by atoms with Crippen LogP contribution in [0.4, 0.5) is 10.3 Å². The van der Waals surface area contributed by atoms with Crippen molar-refractivity contribution in [3.05, 3.63) is 102 Å². The van der Waals surface area contributed by atoms with Crippen LogP contribution in [-0.2, 0) is 0 Å². The Morgan fingerprint density at radius 2 is 1.55 bits per heavy atom.